The molecule has 0 aliphatic rings. The SMILES string of the molecule is C[C@H](N[C@@H](c1ccccc1F)[C@@H](O)C(=O)O)c1ccccc1. The van der Waals surface area contributed by atoms with Crippen LogP contribution in [0.1, 0.15) is 30.1 Å². The fourth-order valence-corrected chi connectivity index (χ4v) is 2.33. The molecule has 5 heteroatoms. The second kappa shape index (κ2) is 7.15. The summed E-state index contributed by atoms with van der Waals surface area (Å²) in [6, 6.07) is 13.9. The van der Waals surface area contributed by atoms with Gasteiger partial charge < -0.3 is 15.5 Å². The molecule has 2 aromatic rings. The Morgan fingerprint density at radius 2 is 1.68 bits per heavy atom. The molecule has 3 atom stereocenters. The smallest absolute Gasteiger partial charge is 0.334 e. The van der Waals surface area contributed by atoms with Crippen LogP contribution in [0.4, 0.5) is 4.39 Å². The first-order valence-electron chi connectivity index (χ1n) is 6.97. The molecule has 4 nitrogen and oxygen atoms in total. The van der Waals surface area contributed by atoms with E-state index < -0.39 is 23.9 Å². The zero-order valence-electron chi connectivity index (χ0n) is 12.1. The summed E-state index contributed by atoms with van der Waals surface area (Å²) >= 11 is 0. The lowest BCUT2D eigenvalue weighted by atomic mass is 9.98. The molecule has 116 valence electrons. The first-order valence-corrected chi connectivity index (χ1v) is 6.97. The maximum atomic E-state index is 14.0. The van der Waals surface area contributed by atoms with E-state index in [4.69, 9.17) is 5.11 Å². The number of aliphatic carboxylic acids is 1. The highest BCUT2D eigenvalue weighted by Crippen LogP contribution is 2.24. The van der Waals surface area contributed by atoms with Crippen molar-refractivity contribution in [1.29, 1.82) is 0 Å². The standard InChI is InChI=1S/C17H18FNO3/c1-11(12-7-3-2-4-8-12)19-15(16(20)17(21)22)13-9-5-6-10-14(13)18/h2-11,15-16,19-20H,1H3,(H,21,22)/t11-,15-,16+/m0/s1. The minimum atomic E-state index is -1.75. The van der Waals surface area contributed by atoms with Crippen molar-refractivity contribution in [3.05, 3.63) is 71.5 Å². The van der Waals surface area contributed by atoms with Gasteiger partial charge in [-0.3, -0.25) is 0 Å². The predicted molar refractivity (Wildman–Crippen MR) is 80.8 cm³/mol. The first kappa shape index (κ1) is 16.1. The maximum Gasteiger partial charge on any atom is 0.334 e. The molecule has 0 fully saturated rings. The summed E-state index contributed by atoms with van der Waals surface area (Å²) in [6.07, 6.45) is -1.75. The van der Waals surface area contributed by atoms with Gasteiger partial charge in [0, 0.05) is 11.6 Å². The number of hydrogen-bond donors (Lipinski definition) is 3. The van der Waals surface area contributed by atoms with Crippen molar-refractivity contribution in [2.45, 2.75) is 25.1 Å². The third-order valence-corrected chi connectivity index (χ3v) is 3.54. The normalized spacial score (nSPS) is 15.0. The summed E-state index contributed by atoms with van der Waals surface area (Å²) in [7, 11) is 0. The van der Waals surface area contributed by atoms with Gasteiger partial charge in [-0.2, -0.15) is 0 Å². The molecule has 0 aliphatic heterocycles. The second-order valence-electron chi connectivity index (χ2n) is 5.08. The summed E-state index contributed by atoms with van der Waals surface area (Å²) < 4.78 is 14.0. The van der Waals surface area contributed by atoms with Crippen molar-refractivity contribution < 1.29 is 19.4 Å². The Balaban J connectivity index is 2.30. The molecular weight excluding hydrogens is 285 g/mol. The van der Waals surface area contributed by atoms with Gasteiger partial charge in [0.05, 0.1) is 6.04 Å². The van der Waals surface area contributed by atoms with Crippen LogP contribution in [0.15, 0.2) is 54.6 Å². The highest BCUT2D eigenvalue weighted by Gasteiger charge is 2.30. The maximum absolute atomic E-state index is 14.0. The second-order valence-corrected chi connectivity index (χ2v) is 5.08. The summed E-state index contributed by atoms with van der Waals surface area (Å²) in [6.45, 7) is 1.83. The molecule has 0 saturated heterocycles. The first-order chi connectivity index (χ1) is 10.5. The van der Waals surface area contributed by atoms with Gasteiger partial charge in [0.25, 0.3) is 0 Å². The van der Waals surface area contributed by atoms with Crippen LogP contribution in [0.5, 0.6) is 0 Å². The molecule has 0 amide bonds. The number of rotatable bonds is 6. The van der Waals surface area contributed by atoms with Gasteiger partial charge in [0.15, 0.2) is 6.10 Å². The van der Waals surface area contributed by atoms with Crippen LogP contribution in [0.3, 0.4) is 0 Å². The fourth-order valence-electron chi connectivity index (χ4n) is 2.33. The van der Waals surface area contributed by atoms with Crippen molar-refractivity contribution in [1.82, 2.24) is 5.32 Å². The minimum Gasteiger partial charge on any atom is -0.479 e. The van der Waals surface area contributed by atoms with Gasteiger partial charge in [-0.25, -0.2) is 9.18 Å². The number of carboxylic acid groups (broad SMARTS) is 1. The number of carboxylic acids is 1. The molecule has 3 N–H and O–H groups in total. The Morgan fingerprint density at radius 3 is 2.27 bits per heavy atom. The Hall–Kier alpha value is -2.24. The third kappa shape index (κ3) is 3.69. The monoisotopic (exact) mass is 303 g/mol. The van der Waals surface area contributed by atoms with Crippen LogP contribution < -0.4 is 5.32 Å². The van der Waals surface area contributed by atoms with Crippen LogP contribution in [0.25, 0.3) is 0 Å². The zero-order chi connectivity index (χ0) is 16.1. The summed E-state index contributed by atoms with van der Waals surface area (Å²) in [5.41, 5.74) is 1.04. The van der Waals surface area contributed by atoms with Crippen molar-refractivity contribution >= 4 is 5.97 Å². The number of aliphatic hydroxyl groups is 1. The number of benzene rings is 2. The van der Waals surface area contributed by atoms with Crippen molar-refractivity contribution in [3.8, 4) is 0 Å². The zero-order valence-corrected chi connectivity index (χ0v) is 12.1. The lowest BCUT2D eigenvalue weighted by molar-refractivity contribution is -0.148. The van der Waals surface area contributed by atoms with E-state index in [-0.39, 0.29) is 11.6 Å². The molecule has 0 aliphatic carbocycles. The van der Waals surface area contributed by atoms with E-state index in [9.17, 15) is 14.3 Å². The average molecular weight is 303 g/mol. The van der Waals surface area contributed by atoms with E-state index in [1.54, 1.807) is 6.07 Å². The molecule has 0 spiro atoms. The van der Waals surface area contributed by atoms with Crippen molar-refractivity contribution in [2.75, 3.05) is 0 Å². The highest BCUT2D eigenvalue weighted by molar-refractivity contribution is 5.73. The number of carbonyl (C=O) groups is 1. The Morgan fingerprint density at radius 1 is 1.09 bits per heavy atom. The van der Waals surface area contributed by atoms with Crippen molar-refractivity contribution in [2.24, 2.45) is 0 Å². The van der Waals surface area contributed by atoms with Gasteiger partial charge in [-0.15, -0.1) is 0 Å². The summed E-state index contributed by atoms with van der Waals surface area (Å²) in [4.78, 5) is 11.1. The van der Waals surface area contributed by atoms with E-state index in [2.05, 4.69) is 5.32 Å². The highest BCUT2D eigenvalue weighted by atomic mass is 19.1. The van der Waals surface area contributed by atoms with E-state index >= 15 is 0 Å². The van der Waals surface area contributed by atoms with Crippen LogP contribution in [-0.4, -0.2) is 22.3 Å². The van der Waals surface area contributed by atoms with Crippen LogP contribution >= 0.6 is 0 Å². The molecule has 0 bridgehead atoms. The molecule has 0 unspecified atom stereocenters. The number of halogens is 1. The molecule has 22 heavy (non-hydrogen) atoms. The number of nitrogens with one attached hydrogen (secondary N) is 1. The van der Waals surface area contributed by atoms with Gasteiger partial charge in [0.1, 0.15) is 5.82 Å². The Kier molecular flexibility index (Phi) is 5.25. The predicted octanol–water partition coefficient (Wildman–Crippen LogP) is 2.66. The quantitative estimate of drug-likeness (QED) is 0.767. The van der Waals surface area contributed by atoms with Gasteiger partial charge in [-0.1, -0.05) is 48.5 Å². The van der Waals surface area contributed by atoms with E-state index in [0.717, 1.165) is 5.56 Å². The topological polar surface area (TPSA) is 69.6 Å². The van der Waals surface area contributed by atoms with Crippen molar-refractivity contribution in [3.63, 3.8) is 0 Å². The largest absolute Gasteiger partial charge is 0.479 e. The van der Waals surface area contributed by atoms with Gasteiger partial charge in [-0.05, 0) is 18.6 Å². The lowest BCUT2D eigenvalue weighted by Crippen LogP contribution is -2.39. The van der Waals surface area contributed by atoms with Gasteiger partial charge >= 0.3 is 5.97 Å². The molecular formula is C17H18FNO3. The molecule has 0 saturated carbocycles. The number of hydrogen-bond acceptors (Lipinski definition) is 3. The molecule has 0 heterocycles. The van der Waals surface area contributed by atoms with E-state index in [1.807, 2.05) is 37.3 Å². The lowest BCUT2D eigenvalue weighted by Gasteiger charge is -2.26. The van der Waals surface area contributed by atoms with Crippen LogP contribution in [0, 0.1) is 5.82 Å². The fraction of sp³-hybridized carbons (Fsp3) is 0.235. The average Bonchev–Trinajstić information content (AvgIpc) is 2.53. The van der Waals surface area contributed by atoms with Crippen LogP contribution in [-0.2, 0) is 4.79 Å². The van der Waals surface area contributed by atoms with E-state index in [1.165, 1.54) is 18.2 Å². The third-order valence-electron chi connectivity index (χ3n) is 3.54. The van der Waals surface area contributed by atoms with Crippen LogP contribution in [0.2, 0.25) is 0 Å². The molecule has 2 rings (SSSR count). The molecule has 0 radical (unpaired) electrons. The summed E-state index contributed by atoms with van der Waals surface area (Å²) in [5.74, 6) is -1.96. The molecule has 2 aromatic carbocycles. The summed E-state index contributed by atoms with van der Waals surface area (Å²) in [5, 5.41) is 22.0. The number of aliphatic hydroxyl groups excluding tert-OH is 1. The van der Waals surface area contributed by atoms with E-state index in [0.29, 0.717) is 0 Å². The Labute approximate surface area is 128 Å². The molecule has 0 aromatic heterocycles. The minimum absolute atomic E-state index is 0.125. The Bertz CT molecular complexity index is 633. The van der Waals surface area contributed by atoms with Gasteiger partial charge in [0.2, 0.25) is 0 Å².